The third kappa shape index (κ3) is 2.93. The van der Waals surface area contributed by atoms with E-state index in [4.69, 9.17) is 0 Å². The summed E-state index contributed by atoms with van der Waals surface area (Å²) in [7, 11) is 0. The van der Waals surface area contributed by atoms with E-state index in [-0.39, 0.29) is 6.61 Å². The molecule has 0 radical (unpaired) electrons. The molecule has 0 aromatic heterocycles. The van der Waals surface area contributed by atoms with Crippen LogP contribution in [-0.4, -0.2) is 48.3 Å². The van der Waals surface area contributed by atoms with E-state index in [0.717, 1.165) is 19.6 Å². The van der Waals surface area contributed by atoms with E-state index in [9.17, 15) is 5.11 Å². The lowest BCUT2D eigenvalue weighted by atomic mass is 10.1. The summed E-state index contributed by atoms with van der Waals surface area (Å²) in [5, 5.41) is 12.6. The second-order valence-corrected chi connectivity index (χ2v) is 4.39. The fourth-order valence-corrected chi connectivity index (χ4v) is 1.99. The number of aliphatic hydroxyl groups excluding tert-OH is 1. The highest BCUT2D eigenvalue weighted by atomic mass is 16.3. The molecule has 0 aromatic rings. The fraction of sp³-hybridized carbons (Fsp3) is 1.00. The molecule has 2 N–H and O–H groups in total. The van der Waals surface area contributed by atoms with Gasteiger partial charge in [0, 0.05) is 25.2 Å². The van der Waals surface area contributed by atoms with Gasteiger partial charge in [-0.05, 0) is 26.3 Å². The zero-order chi connectivity index (χ0) is 9.84. The van der Waals surface area contributed by atoms with E-state index in [1.54, 1.807) is 0 Å². The Balaban J connectivity index is 2.60. The van der Waals surface area contributed by atoms with Gasteiger partial charge in [-0.3, -0.25) is 4.90 Å². The average Bonchev–Trinajstić information content (AvgIpc) is 2.26. The molecule has 13 heavy (non-hydrogen) atoms. The summed E-state index contributed by atoms with van der Waals surface area (Å²) in [5.74, 6) is 0.680. The van der Waals surface area contributed by atoms with Crippen molar-refractivity contribution in [1.29, 1.82) is 0 Å². The predicted molar refractivity (Wildman–Crippen MR) is 54.7 cm³/mol. The molecule has 0 aromatic carbocycles. The van der Waals surface area contributed by atoms with Crippen molar-refractivity contribution < 1.29 is 5.11 Å². The van der Waals surface area contributed by atoms with Crippen molar-refractivity contribution in [3.05, 3.63) is 0 Å². The van der Waals surface area contributed by atoms with E-state index in [1.807, 2.05) is 0 Å². The number of rotatable bonds is 2. The maximum Gasteiger partial charge on any atom is 0.0599 e. The Labute approximate surface area is 81.1 Å². The first-order chi connectivity index (χ1) is 6.15. The minimum atomic E-state index is 0.262. The summed E-state index contributed by atoms with van der Waals surface area (Å²) in [6.45, 7) is 9.98. The molecule has 2 atom stereocenters. The molecule has 3 nitrogen and oxygen atoms in total. The Morgan fingerprint density at radius 3 is 2.69 bits per heavy atom. The van der Waals surface area contributed by atoms with Gasteiger partial charge in [0.25, 0.3) is 0 Å². The Bertz CT molecular complexity index is 150. The Morgan fingerprint density at radius 1 is 1.46 bits per heavy atom. The van der Waals surface area contributed by atoms with Crippen LogP contribution in [0.5, 0.6) is 0 Å². The quantitative estimate of drug-likeness (QED) is 0.651. The molecule has 1 aliphatic rings. The summed E-state index contributed by atoms with van der Waals surface area (Å²) in [4.78, 5) is 2.39. The third-order valence-corrected chi connectivity index (χ3v) is 2.74. The molecule has 2 unspecified atom stereocenters. The number of nitrogens with one attached hydrogen (secondary N) is 1. The molecule has 0 aliphatic carbocycles. The van der Waals surface area contributed by atoms with E-state index in [1.165, 1.54) is 0 Å². The van der Waals surface area contributed by atoms with Crippen LogP contribution in [0.2, 0.25) is 0 Å². The first-order valence-corrected chi connectivity index (χ1v) is 5.22. The zero-order valence-corrected chi connectivity index (χ0v) is 8.95. The lowest BCUT2D eigenvalue weighted by molar-refractivity contribution is 0.0967. The van der Waals surface area contributed by atoms with Gasteiger partial charge < -0.3 is 10.4 Å². The molecule has 1 saturated heterocycles. The van der Waals surface area contributed by atoms with E-state index in [2.05, 4.69) is 31.0 Å². The normalized spacial score (nSPS) is 32.1. The van der Waals surface area contributed by atoms with E-state index >= 15 is 0 Å². The van der Waals surface area contributed by atoms with Gasteiger partial charge in [0.05, 0.1) is 6.61 Å². The molecular formula is C10H22N2O. The maximum absolute atomic E-state index is 9.24. The fourth-order valence-electron chi connectivity index (χ4n) is 1.99. The van der Waals surface area contributed by atoms with Crippen molar-refractivity contribution in [3.8, 4) is 0 Å². The molecule has 0 spiro atoms. The van der Waals surface area contributed by atoms with Gasteiger partial charge in [0.15, 0.2) is 0 Å². The van der Waals surface area contributed by atoms with Crippen LogP contribution in [0.1, 0.15) is 20.8 Å². The summed E-state index contributed by atoms with van der Waals surface area (Å²) in [6.07, 6.45) is 0. The predicted octanol–water partition coefficient (Wildman–Crippen LogP) is 0.297. The highest BCUT2D eigenvalue weighted by Crippen LogP contribution is 2.11. The first kappa shape index (κ1) is 11.0. The number of hydrogen-bond donors (Lipinski definition) is 2. The number of aliphatic hydroxyl groups is 1. The van der Waals surface area contributed by atoms with Crippen LogP contribution in [0.3, 0.4) is 0 Å². The standard InChI is InChI=1S/C10H22N2O/c1-8(2)12-6-9(3)4-11-5-10(12)7-13/h8-11,13H,4-7H2,1-3H3. The molecule has 1 rings (SSSR count). The summed E-state index contributed by atoms with van der Waals surface area (Å²) in [5.41, 5.74) is 0. The first-order valence-electron chi connectivity index (χ1n) is 5.22. The molecule has 0 bridgehead atoms. The van der Waals surface area contributed by atoms with Gasteiger partial charge in [-0.1, -0.05) is 6.92 Å². The SMILES string of the molecule is CC1CNCC(CO)N(C(C)C)C1. The average molecular weight is 186 g/mol. The molecule has 78 valence electrons. The van der Waals surface area contributed by atoms with Crippen molar-refractivity contribution in [3.63, 3.8) is 0 Å². The van der Waals surface area contributed by atoms with Gasteiger partial charge in [-0.25, -0.2) is 0 Å². The van der Waals surface area contributed by atoms with Crippen molar-refractivity contribution in [1.82, 2.24) is 10.2 Å². The second-order valence-electron chi connectivity index (χ2n) is 4.39. The molecular weight excluding hydrogens is 164 g/mol. The number of nitrogens with zero attached hydrogens (tertiary/aromatic N) is 1. The van der Waals surface area contributed by atoms with Crippen LogP contribution in [0.25, 0.3) is 0 Å². The van der Waals surface area contributed by atoms with Crippen molar-refractivity contribution in [2.75, 3.05) is 26.2 Å². The molecule has 1 heterocycles. The highest BCUT2D eigenvalue weighted by Gasteiger charge is 2.24. The van der Waals surface area contributed by atoms with Crippen LogP contribution in [0.4, 0.5) is 0 Å². The molecule has 1 aliphatic heterocycles. The topological polar surface area (TPSA) is 35.5 Å². The number of hydrogen-bond acceptors (Lipinski definition) is 3. The Morgan fingerprint density at radius 2 is 2.15 bits per heavy atom. The van der Waals surface area contributed by atoms with E-state index in [0.29, 0.717) is 18.0 Å². The second kappa shape index (κ2) is 4.94. The highest BCUT2D eigenvalue weighted by molar-refractivity contribution is 4.81. The monoisotopic (exact) mass is 186 g/mol. The van der Waals surface area contributed by atoms with Crippen LogP contribution >= 0.6 is 0 Å². The van der Waals surface area contributed by atoms with Gasteiger partial charge in [-0.15, -0.1) is 0 Å². The lowest BCUT2D eigenvalue weighted by Crippen LogP contribution is -2.46. The zero-order valence-electron chi connectivity index (χ0n) is 8.95. The van der Waals surface area contributed by atoms with Gasteiger partial charge in [0.1, 0.15) is 0 Å². The largest absolute Gasteiger partial charge is 0.395 e. The lowest BCUT2D eigenvalue weighted by Gasteiger charge is -2.32. The van der Waals surface area contributed by atoms with Crippen LogP contribution in [0, 0.1) is 5.92 Å². The Hall–Kier alpha value is -0.120. The molecule has 0 amide bonds. The van der Waals surface area contributed by atoms with Crippen LogP contribution in [0.15, 0.2) is 0 Å². The van der Waals surface area contributed by atoms with Gasteiger partial charge >= 0.3 is 0 Å². The van der Waals surface area contributed by atoms with Crippen molar-refractivity contribution in [2.24, 2.45) is 5.92 Å². The molecule has 3 heteroatoms. The molecule has 0 saturated carbocycles. The van der Waals surface area contributed by atoms with Gasteiger partial charge in [-0.2, -0.15) is 0 Å². The minimum Gasteiger partial charge on any atom is -0.395 e. The maximum atomic E-state index is 9.24. The summed E-state index contributed by atoms with van der Waals surface area (Å²) < 4.78 is 0. The van der Waals surface area contributed by atoms with Crippen LogP contribution < -0.4 is 5.32 Å². The van der Waals surface area contributed by atoms with E-state index < -0.39 is 0 Å². The van der Waals surface area contributed by atoms with Crippen molar-refractivity contribution in [2.45, 2.75) is 32.9 Å². The molecule has 1 fully saturated rings. The van der Waals surface area contributed by atoms with Gasteiger partial charge in [0.2, 0.25) is 0 Å². The minimum absolute atomic E-state index is 0.262. The smallest absolute Gasteiger partial charge is 0.0599 e. The third-order valence-electron chi connectivity index (χ3n) is 2.74. The van der Waals surface area contributed by atoms with Crippen molar-refractivity contribution >= 4 is 0 Å². The Kier molecular flexibility index (Phi) is 4.16. The summed E-state index contributed by atoms with van der Waals surface area (Å²) in [6, 6.07) is 0.824. The summed E-state index contributed by atoms with van der Waals surface area (Å²) >= 11 is 0. The van der Waals surface area contributed by atoms with Crippen LogP contribution in [-0.2, 0) is 0 Å².